The van der Waals surface area contributed by atoms with E-state index in [0.717, 1.165) is 30.8 Å². The molecule has 82 valence electrons. The van der Waals surface area contributed by atoms with Gasteiger partial charge in [-0.05, 0) is 20.4 Å². The van der Waals surface area contributed by atoms with Crippen LogP contribution in [0.5, 0.6) is 0 Å². The van der Waals surface area contributed by atoms with Gasteiger partial charge in [-0.3, -0.25) is 4.90 Å². The lowest BCUT2D eigenvalue weighted by molar-refractivity contribution is 0.276. The van der Waals surface area contributed by atoms with E-state index in [1.807, 2.05) is 6.92 Å². The molecule has 4 heteroatoms. The number of aromatic nitrogens is 2. The van der Waals surface area contributed by atoms with Crippen molar-refractivity contribution in [2.75, 3.05) is 13.6 Å². The summed E-state index contributed by atoms with van der Waals surface area (Å²) in [6.07, 6.45) is 4.08. The Kier molecular flexibility index (Phi) is 2.86. The molecule has 1 atom stereocenters. The number of likely N-dealkylation sites (N-methyl/N-ethyl adjacent to an activating group) is 1. The smallest absolute Gasteiger partial charge is 0.254 e. The van der Waals surface area contributed by atoms with Crippen LogP contribution in [-0.2, 0) is 6.42 Å². The zero-order chi connectivity index (χ0) is 10.8. The molecule has 1 aromatic heterocycles. The Morgan fingerprint density at radius 3 is 3.00 bits per heavy atom. The molecule has 4 nitrogen and oxygen atoms in total. The van der Waals surface area contributed by atoms with E-state index in [4.69, 9.17) is 4.52 Å². The van der Waals surface area contributed by atoms with Gasteiger partial charge < -0.3 is 4.52 Å². The van der Waals surface area contributed by atoms with Crippen LogP contribution in [-0.4, -0.2) is 34.7 Å². The van der Waals surface area contributed by atoms with E-state index < -0.39 is 0 Å². The number of rotatable bonds is 2. The van der Waals surface area contributed by atoms with Gasteiger partial charge in [-0.1, -0.05) is 18.2 Å². The van der Waals surface area contributed by atoms with E-state index in [1.54, 1.807) is 0 Å². The molecular formula is C11H17N3O. The Bertz CT molecular complexity index is 370. The maximum Gasteiger partial charge on any atom is 0.254 e. The molecule has 1 aliphatic heterocycles. The van der Waals surface area contributed by atoms with Crippen LogP contribution in [0, 0.1) is 0 Å². The number of nitrogens with zero attached hydrogens (tertiary/aromatic N) is 3. The molecule has 1 unspecified atom stereocenters. The normalized spacial score (nSPS) is 22.9. The second-order valence-corrected chi connectivity index (χ2v) is 4.10. The van der Waals surface area contributed by atoms with Crippen molar-refractivity contribution in [1.82, 2.24) is 15.0 Å². The van der Waals surface area contributed by atoms with E-state index in [-0.39, 0.29) is 0 Å². The fourth-order valence-corrected chi connectivity index (χ4v) is 1.66. The van der Waals surface area contributed by atoms with Gasteiger partial charge in [0, 0.05) is 24.6 Å². The van der Waals surface area contributed by atoms with E-state index in [0.29, 0.717) is 11.9 Å². The van der Waals surface area contributed by atoms with Gasteiger partial charge in [0.1, 0.15) is 0 Å². The summed E-state index contributed by atoms with van der Waals surface area (Å²) in [6.45, 7) is 5.14. The van der Waals surface area contributed by atoms with Crippen molar-refractivity contribution in [3.8, 4) is 0 Å². The van der Waals surface area contributed by atoms with Crippen molar-refractivity contribution in [3.63, 3.8) is 0 Å². The van der Waals surface area contributed by atoms with Crippen LogP contribution >= 0.6 is 0 Å². The van der Waals surface area contributed by atoms with Gasteiger partial charge in [-0.25, -0.2) is 0 Å². The van der Waals surface area contributed by atoms with Crippen LogP contribution in [0.2, 0.25) is 0 Å². The molecule has 15 heavy (non-hydrogen) atoms. The Balaban J connectivity index is 2.17. The lowest BCUT2D eigenvalue weighted by Crippen LogP contribution is -2.33. The van der Waals surface area contributed by atoms with Crippen molar-refractivity contribution in [2.45, 2.75) is 32.7 Å². The van der Waals surface area contributed by atoms with Gasteiger partial charge in [0.25, 0.3) is 5.89 Å². The van der Waals surface area contributed by atoms with Crippen molar-refractivity contribution < 1.29 is 4.52 Å². The molecule has 0 spiro atoms. The van der Waals surface area contributed by atoms with Crippen LogP contribution in [0.4, 0.5) is 0 Å². The first-order chi connectivity index (χ1) is 7.20. The molecule has 1 aliphatic rings. The first kappa shape index (κ1) is 10.4. The third-order valence-corrected chi connectivity index (χ3v) is 2.94. The van der Waals surface area contributed by atoms with Crippen molar-refractivity contribution in [1.29, 1.82) is 0 Å². The highest BCUT2D eigenvalue weighted by Gasteiger charge is 2.20. The van der Waals surface area contributed by atoms with Gasteiger partial charge in [0.2, 0.25) is 0 Å². The van der Waals surface area contributed by atoms with Gasteiger partial charge in [0.15, 0.2) is 5.82 Å². The summed E-state index contributed by atoms with van der Waals surface area (Å²) in [6, 6.07) is 0.599. The highest BCUT2D eigenvalue weighted by molar-refractivity contribution is 5.60. The molecule has 0 saturated carbocycles. The van der Waals surface area contributed by atoms with E-state index in [1.165, 1.54) is 0 Å². The Morgan fingerprint density at radius 1 is 1.60 bits per heavy atom. The summed E-state index contributed by atoms with van der Waals surface area (Å²) in [4.78, 5) is 6.64. The highest BCUT2D eigenvalue weighted by atomic mass is 16.5. The summed E-state index contributed by atoms with van der Waals surface area (Å²) in [5, 5.41) is 3.91. The van der Waals surface area contributed by atoms with Crippen molar-refractivity contribution in [3.05, 3.63) is 17.8 Å². The van der Waals surface area contributed by atoms with Gasteiger partial charge in [-0.2, -0.15) is 4.98 Å². The van der Waals surface area contributed by atoms with E-state index in [2.05, 4.69) is 35.1 Å². The number of aryl methyl sites for hydroxylation is 1. The molecule has 0 radical (unpaired) electrons. The second-order valence-electron chi connectivity index (χ2n) is 4.10. The molecule has 0 aromatic carbocycles. The van der Waals surface area contributed by atoms with Crippen LogP contribution in [0.25, 0.3) is 5.57 Å². The molecule has 0 bridgehead atoms. The zero-order valence-corrected chi connectivity index (χ0v) is 9.53. The quantitative estimate of drug-likeness (QED) is 0.740. The second kappa shape index (κ2) is 4.14. The predicted octanol–water partition coefficient (Wildman–Crippen LogP) is 1.74. The van der Waals surface area contributed by atoms with Crippen LogP contribution in [0.1, 0.15) is 32.0 Å². The maximum absolute atomic E-state index is 5.22. The van der Waals surface area contributed by atoms with Crippen molar-refractivity contribution >= 4 is 5.57 Å². The first-order valence-electron chi connectivity index (χ1n) is 5.43. The topological polar surface area (TPSA) is 42.2 Å². The van der Waals surface area contributed by atoms with E-state index >= 15 is 0 Å². The molecule has 0 amide bonds. The van der Waals surface area contributed by atoms with Crippen LogP contribution in [0.3, 0.4) is 0 Å². The molecule has 2 heterocycles. The summed E-state index contributed by atoms with van der Waals surface area (Å²) in [5.74, 6) is 1.47. The fourth-order valence-electron chi connectivity index (χ4n) is 1.66. The van der Waals surface area contributed by atoms with Gasteiger partial charge in [-0.15, -0.1) is 0 Å². The third kappa shape index (κ3) is 2.09. The van der Waals surface area contributed by atoms with Crippen molar-refractivity contribution in [2.24, 2.45) is 0 Å². The highest BCUT2D eigenvalue weighted by Crippen LogP contribution is 2.21. The third-order valence-electron chi connectivity index (χ3n) is 2.94. The zero-order valence-electron chi connectivity index (χ0n) is 9.53. The monoisotopic (exact) mass is 207 g/mol. The van der Waals surface area contributed by atoms with Gasteiger partial charge in [0.05, 0.1) is 0 Å². The summed E-state index contributed by atoms with van der Waals surface area (Å²) in [7, 11) is 2.12. The average molecular weight is 207 g/mol. The van der Waals surface area contributed by atoms with Crippen LogP contribution < -0.4 is 0 Å². The van der Waals surface area contributed by atoms with E-state index in [9.17, 15) is 0 Å². The minimum Gasteiger partial charge on any atom is -0.334 e. The lowest BCUT2D eigenvalue weighted by Gasteiger charge is -2.28. The fraction of sp³-hybridized carbons (Fsp3) is 0.636. The number of hydrogen-bond acceptors (Lipinski definition) is 4. The predicted molar refractivity (Wildman–Crippen MR) is 58.4 cm³/mol. The molecule has 0 aliphatic carbocycles. The Morgan fingerprint density at radius 2 is 2.40 bits per heavy atom. The first-order valence-corrected chi connectivity index (χ1v) is 5.43. The minimum absolute atomic E-state index is 0.599. The average Bonchev–Trinajstić information content (AvgIpc) is 2.70. The Labute approximate surface area is 90.0 Å². The summed E-state index contributed by atoms with van der Waals surface area (Å²) in [5.41, 5.74) is 1.16. The summed E-state index contributed by atoms with van der Waals surface area (Å²) < 4.78 is 5.22. The molecule has 0 N–H and O–H groups in total. The molecule has 0 fully saturated rings. The van der Waals surface area contributed by atoms with Gasteiger partial charge >= 0.3 is 0 Å². The maximum atomic E-state index is 5.22. The van der Waals surface area contributed by atoms with Crippen LogP contribution in [0.15, 0.2) is 10.6 Å². The standard InChI is InChI=1S/C11H17N3O/c1-4-10-12-11(15-13-10)9-6-5-8(2)14(3)7-9/h6,8H,4-5,7H2,1-3H3. The minimum atomic E-state index is 0.599. The molecular weight excluding hydrogens is 190 g/mol. The lowest BCUT2D eigenvalue weighted by atomic mass is 10.0. The molecule has 2 rings (SSSR count). The largest absolute Gasteiger partial charge is 0.334 e. The molecule has 0 saturated heterocycles. The number of hydrogen-bond donors (Lipinski definition) is 0. The molecule has 1 aromatic rings. The Hall–Kier alpha value is -1.16. The summed E-state index contributed by atoms with van der Waals surface area (Å²) >= 11 is 0. The SMILES string of the molecule is CCc1noc(C2=CCC(C)N(C)C2)n1.